The zero-order chi connectivity index (χ0) is 19.6. The van der Waals surface area contributed by atoms with E-state index in [9.17, 15) is 13.2 Å². The van der Waals surface area contributed by atoms with Crippen LogP contribution >= 0.6 is 11.3 Å². The maximum atomic E-state index is 12.7. The van der Waals surface area contributed by atoms with Crippen molar-refractivity contribution in [2.45, 2.75) is 18.4 Å². The number of aromatic nitrogens is 1. The van der Waals surface area contributed by atoms with Crippen molar-refractivity contribution in [2.24, 2.45) is 4.40 Å². The summed E-state index contributed by atoms with van der Waals surface area (Å²) in [5.41, 5.74) is 1.21. The number of hydrogen-bond acceptors (Lipinski definition) is 6. The van der Waals surface area contributed by atoms with Gasteiger partial charge in [0.1, 0.15) is 5.75 Å². The lowest BCUT2D eigenvalue weighted by Crippen LogP contribution is -2.16. The molecule has 0 aliphatic rings. The van der Waals surface area contributed by atoms with Crippen molar-refractivity contribution in [1.82, 2.24) is 4.57 Å². The number of hydrogen-bond donors (Lipinski definition) is 0. The fourth-order valence-electron chi connectivity index (χ4n) is 2.60. The van der Waals surface area contributed by atoms with Crippen LogP contribution in [0.2, 0.25) is 0 Å². The van der Waals surface area contributed by atoms with E-state index in [0.29, 0.717) is 22.7 Å². The summed E-state index contributed by atoms with van der Waals surface area (Å²) >= 11 is 1.20. The molecule has 1 heterocycles. The highest BCUT2D eigenvalue weighted by atomic mass is 32.2. The van der Waals surface area contributed by atoms with Crippen LogP contribution < -0.4 is 9.54 Å². The first-order valence-corrected chi connectivity index (χ1v) is 10.3. The van der Waals surface area contributed by atoms with Crippen molar-refractivity contribution in [1.29, 1.82) is 0 Å². The number of carbonyl (C=O) groups excluding carboxylic acids is 1. The molecule has 142 valence electrons. The fourth-order valence-corrected chi connectivity index (χ4v) is 4.93. The quantitative estimate of drug-likeness (QED) is 0.608. The third-order valence-corrected chi connectivity index (χ3v) is 6.41. The van der Waals surface area contributed by atoms with Gasteiger partial charge in [0.25, 0.3) is 10.0 Å². The topological polar surface area (TPSA) is 87.0 Å². The molecule has 0 atom stereocenters. The molecule has 7 nitrogen and oxygen atoms in total. The van der Waals surface area contributed by atoms with Gasteiger partial charge in [-0.1, -0.05) is 11.3 Å². The Morgan fingerprint density at radius 2 is 1.85 bits per heavy atom. The Morgan fingerprint density at radius 1 is 1.15 bits per heavy atom. The van der Waals surface area contributed by atoms with Gasteiger partial charge in [0.15, 0.2) is 0 Å². The maximum Gasteiger partial charge on any atom is 0.337 e. The first kappa shape index (κ1) is 19.1. The summed E-state index contributed by atoms with van der Waals surface area (Å²) in [7, 11) is -1.06. The summed E-state index contributed by atoms with van der Waals surface area (Å²) in [5.74, 6) is 0.118. The second kappa shape index (κ2) is 7.53. The highest BCUT2D eigenvalue weighted by Gasteiger charge is 2.15. The second-order valence-corrected chi connectivity index (χ2v) is 8.16. The summed E-state index contributed by atoms with van der Waals surface area (Å²) < 4.78 is 41.7. The lowest BCUT2D eigenvalue weighted by atomic mass is 10.2. The van der Waals surface area contributed by atoms with Gasteiger partial charge in [0, 0.05) is 6.54 Å². The lowest BCUT2D eigenvalue weighted by Gasteiger charge is -2.03. The smallest absolute Gasteiger partial charge is 0.337 e. The van der Waals surface area contributed by atoms with Crippen molar-refractivity contribution >= 4 is 37.5 Å². The van der Waals surface area contributed by atoms with Gasteiger partial charge in [-0.15, -0.1) is 4.40 Å². The Morgan fingerprint density at radius 3 is 2.44 bits per heavy atom. The van der Waals surface area contributed by atoms with E-state index in [1.54, 1.807) is 34.9 Å². The Balaban J connectivity index is 2.15. The normalized spacial score (nSPS) is 12.3. The number of rotatable bonds is 5. The van der Waals surface area contributed by atoms with E-state index < -0.39 is 16.0 Å². The summed E-state index contributed by atoms with van der Waals surface area (Å²) in [6.45, 7) is 2.44. The van der Waals surface area contributed by atoms with Crippen LogP contribution in [0.4, 0.5) is 0 Å². The van der Waals surface area contributed by atoms with Crippen LogP contribution in [0.5, 0.6) is 5.75 Å². The molecule has 27 heavy (non-hydrogen) atoms. The van der Waals surface area contributed by atoms with Gasteiger partial charge in [0.05, 0.1) is 34.9 Å². The molecule has 0 amide bonds. The van der Waals surface area contributed by atoms with E-state index in [-0.39, 0.29) is 4.90 Å². The van der Waals surface area contributed by atoms with Gasteiger partial charge in [0.2, 0.25) is 4.80 Å². The van der Waals surface area contributed by atoms with Crippen molar-refractivity contribution in [3.05, 3.63) is 52.8 Å². The summed E-state index contributed by atoms with van der Waals surface area (Å²) in [4.78, 5) is 12.2. The molecule has 0 saturated heterocycles. The molecule has 1 aromatic heterocycles. The summed E-state index contributed by atoms with van der Waals surface area (Å²) in [5, 5.41) is 0. The molecule has 0 spiro atoms. The average molecular weight is 406 g/mol. The molecule has 0 unspecified atom stereocenters. The van der Waals surface area contributed by atoms with Crippen LogP contribution in [0.3, 0.4) is 0 Å². The maximum absolute atomic E-state index is 12.7. The summed E-state index contributed by atoms with van der Waals surface area (Å²) in [6.07, 6.45) is 0. The molecule has 0 fully saturated rings. The zero-order valence-electron chi connectivity index (χ0n) is 15.0. The largest absolute Gasteiger partial charge is 0.497 e. The van der Waals surface area contributed by atoms with Crippen LogP contribution in [0.15, 0.2) is 51.8 Å². The SMILES string of the molecule is CCn1c(=NS(=O)(=O)c2ccc(OC)cc2)sc2cc(C(=O)OC)ccc21. The number of sulfonamides is 1. The minimum Gasteiger partial charge on any atom is -0.497 e. The first-order chi connectivity index (χ1) is 12.9. The minimum atomic E-state index is -3.88. The van der Waals surface area contributed by atoms with Crippen LogP contribution in [0.25, 0.3) is 10.2 Å². The van der Waals surface area contributed by atoms with E-state index in [1.165, 1.54) is 37.7 Å². The predicted molar refractivity (Wildman–Crippen MR) is 103 cm³/mol. The van der Waals surface area contributed by atoms with Crippen molar-refractivity contribution in [3.8, 4) is 5.75 Å². The molecular weight excluding hydrogens is 388 g/mol. The highest BCUT2D eigenvalue weighted by molar-refractivity contribution is 7.90. The number of esters is 1. The zero-order valence-corrected chi connectivity index (χ0v) is 16.6. The average Bonchev–Trinajstić information content (AvgIpc) is 3.02. The van der Waals surface area contributed by atoms with Crippen LogP contribution in [-0.4, -0.2) is 33.2 Å². The number of methoxy groups -OCH3 is 2. The van der Waals surface area contributed by atoms with E-state index in [2.05, 4.69) is 4.40 Å². The van der Waals surface area contributed by atoms with Crippen LogP contribution in [-0.2, 0) is 21.3 Å². The van der Waals surface area contributed by atoms with Gasteiger partial charge >= 0.3 is 5.97 Å². The van der Waals surface area contributed by atoms with E-state index in [4.69, 9.17) is 9.47 Å². The van der Waals surface area contributed by atoms with Gasteiger partial charge < -0.3 is 14.0 Å². The molecule has 0 N–H and O–H groups in total. The van der Waals surface area contributed by atoms with Gasteiger partial charge in [-0.3, -0.25) is 0 Å². The number of fused-ring (bicyclic) bond motifs is 1. The molecule has 0 aliphatic heterocycles. The molecular formula is C18H18N2O5S2. The van der Waals surface area contributed by atoms with E-state index in [1.807, 2.05) is 6.92 Å². The predicted octanol–water partition coefficient (Wildman–Crippen LogP) is 2.81. The third-order valence-electron chi connectivity index (χ3n) is 3.98. The molecule has 2 aromatic carbocycles. The molecule has 9 heteroatoms. The molecule has 0 radical (unpaired) electrons. The van der Waals surface area contributed by atoms with Crippen molar-refractivity contribution < 1.29 is 22.7 Å². The highest BCUT2D eigenvalue weighted by Crippen LogP contribution is 2.21. The summed E-state index contributed by atoms with van der Waals surface area (Å²) in [6, 6.07) is 11.1. The number of carbonyl (C=O) groups is 1. The Labute approximate surface area is 160 Å². The molecule has 0 aliphatic carbocycles. The standard InChI is InChI=1S/C18H18N2O5S2/c1-4-20-15-10-5-12(17(21)25-3)11-16(15)26-18(20)19-27(22,23)14-8-6-13(24-2)7-9-14/h5-11H,4H2,1-3H3. The Hall–Kier alpha value is -2.65. The van der Waals surface area contributed by atoms with E-state index in [0.717, 1.165) is 10.2 Å². The third kappa shape index (κ3) is 3.74. The van der Waals surface area contributed by atoms with Gasteiger partial charge in [-0.05, 0) is 49.4 Å². The Kier molecular flexibility index (Phi) is 5.33. The van der Waals surface area contributed by atoms with Crippen molar-refractivity contribution in [2.75, 3.05) is 14.2 Å². The van der Waals surface area contributed by atoms with Gasteiger partial charge in [-0.2, -0.15) is 8.42 Å². The number of ether oxygens (including phenoxy) is 2. The van der Waals surface area contributed by atoms with Crippen molar-refractivity contribution in [3.63, 3.8) is 0 Å². The molecule has 0 saturated carbocycles. The monoisotopic (exact) mass is 406 g/mol. The lowest BCUT2D eigenvalue weighted by molar-refractivity contribution is 0.0601. The molecule has 0 bridgehead atoms. The number of aryl methyl sites for hydroxylation is 1. The fraction of sp³-hybridized carbons (Fsp3) is 0.222. The number of thiazole rings is 1. The van der Waals surface area contributed by atoms with E-state index >= 15 is 0 Å². The van der Waals surface area contributed by atoms with Crippen LogP contribution in [0, 0.1) is 0 Å². The van der Waals surface area contributed by atoms with Gasteiger partial charge in [-0.25, -0.2) is 4.79 Å². The number of benzene rings is 2. The minimum absolute atomic E-state index is 0.0821. The molecule has 3 rings (SSSR count). The first-order valence-electron chi connectivity index (χ1n) is 8.06. The van der Waals surface area contributed by atoms with Crippen LogP contribution in [0.1, 0.15) is 17.3 Å². The Bertz CT molecular complexity index is 1160. The molecule has 3 aromatic rings. The number of nitrogens with zero attached hydrogens (tertiary/aromatic N) is 2. The second-order valence-electron chi connectivity index (χ2n) is 5.54.